The standard InChI is InChI=1S/C12H10ClIN2O2S/c1-8-2-4-9(5-3-8)19(17,18)16-12-11(13)10(14)6-7-15-12/h2-7H,1H3,(H,15,16). The summed E-state index contributed by atoms with van der Waals surface area (Å²) in [7, 11) is -3.67. The number of nitrogens with zero attached hydrogens (tertiary/aromatic N) is 1. The lowest BCUT2D eigenvalue weighted by Gasteiger charge is -2.09. The molecule has 0 spiro atoms. The van der Waals surface area contributed by atoms with E-state index in [1.54, 1.807) is 30.3 Å². The third-order valence-corrected chi connectivity index (χ3v) is 5.36. The van der Waals surface area contributed by atoms with Gasteiger partial charge in [-0.15, -0.1) is 0 Å². The van der Waals surface area contributed by atoms with E-state index < -0.39 is 10.0 Å². The highest BCUT2D eigenvalue weighted by molar-refractivity contribution is 14.1. The van der Waals surface area contributed by atoms with Crippen LogP contribution in [0, 0.1) is 10.5 Å². The van der Waals surface area contributed by atoms with E-state index in [4.69, 9.17) is 11.6 Å². The lowest BCUT2D eigenvalue weighted by molar-refractivity contribution is 0.601. The van der Waals surface area contributed by atoms with Crippen LogP contribution in [0.3, 0.4) is 0 Å². The first-order valence-electron chi connectivity index (χ1n) is 5.29. The van der Waals surface area contributed by atoms with Crippen LogP contribution in [0.1, 0.15) is 5.56 Å². The van der Waals surface area contributed by atoms with Gasteiger partial charge in [0.1, 0.15) is 0 Å². The molecule has 0 fully saturated rings. The SMILES string of the molecule is Cc1ccc(S(=O)(=O)Nc2nccc(I)c2Cl)cc1. The predicted octanol–water partition coefficient (Wildman–Crippen LogP) is 3.45. The van der Waals surface area contributed by atoms with Gasteiger partial charge in [-0.05, 0) is 47.7 Å². The highest BCUT2D eigenvalue weighted by Gasteiger charge is 2.17. The fourth-order valence-corrected chi connectivity index (χ4v) is 3.05. The van der Waals surface area contributed by atoms with E-state index in [1.807, 2.05) is 29.5 Å². The van der Waals surface area contributed by atoms with Gasteiger partial charge in [-0.25, -0.2) is 13.4 Å². The Labute approximate surface area is 130 Å². The van der Waals surface area contributed by atoms with Crippen molar-refractivity contribution in [2.24, 2.45) is 0 Å². The number of sulfonamides is 1. The smallest absolute Gasteiger partial charge is 0.262 e. The molecule has 1 aromatic heterocycles. The van der Waals surface area contributed by atoms with Crippen molar-refractivity contribution in [3.05, 3.63) is 50.7 Å². The Morgan fingerprint density at radius 2 is 1.84 bits per heavy atom. The molecule has 2 aromatic rings. The average Bonchev–Trinajstić information content (AvgIpc) is 2.35. The number of hydrogen-bond donors (Lipinski definition) is 1. The number of halogens is 2. The zero-order chi connectivity index (χ0) is 14.0. The number of aryl methyl sites for hydroxylation is 1. The first-order chi connectivity index (χ1) is 8.90. The molecule has 0 radical (unpaired) electrons. The lowest BCUT2D eigenvalue weighted by Crippen LogP contribution is -2.14. The molecule has 0 amide bonds. The second-order valence-corrected chi connectivity index (χ2v) is 7.10. The van der Waals surface area contributed by atoms with Crippen LogP contribution >= 0.6 is 34.2 Å². The van der Waals surface area contributed by atoms with Crippen molar-refractivity contribution in [1.29, 1.82) is 0 Å². The minimum Gasteiger partial charge on any atom is -0.262 e. The Balaban J connectivity index is 2.36. The minimum atomic E-state index is -3.67. The molecule has 1 aromatic carbocycles. The third-order valence-electron chi connectivity index (χ3n) is 2.40. The van der Waals surface area contributed by atoms with Crippen LogP contribution in [0.2, 0.25) is 5.02 Å². The number of rotatable bonds is 3. The Kier molecular flexibility index (Phi) is 4.32. The van der Waals surface area contributed by atoms with Crippen LogP contribution < -0.4 is 4.72 Å². The Hall–Kier alpha value is -0.860. The van der Waals surface area contributed by atoms with Crippen LogP contribution in [0.25, 0.3) is 0 Å². The van der Waals surface area contributed by atoms with Crippen molar-refractivity contribution < 1.29 is 8.42 Å². The number of pyridine rings is 1. The van der Waals surface area contributed by atoms with Crippen LogP contribution in [0.4, 0.5) is 5.82 Å². The maximum atomic E-state index is 12.2. The second-order valence-electron chi connectivity index (χ2n) is 3.87. The van der Waals surface area contributed by atoms with Gasteiger partial charge in [0.2, 0.25) is 0 Å². The minimum absolute atomic E-state index is 0.133. The van der Waals surface area contributed by atoms with Gasteiger partial charge in [0, 0.05) is 9.77 Å². The van der Waals surface area contributed by atoms with Gasteiger partial charge in [-0.1, -0.05) is 29.3 Å². The number of hydrogen-bond acceptors (Lipinski definition) is 3. The van der Waals surface area contributed by atoms with E-state index in [0.717, 1.165) is 9.13 Å². The summed E-state index contributed by atoms with van der Waals surface area (Å²) < 4.78 is 27.4. The fraction of sp³-hybridized carbons (Fsp3) is 0.0833. The van der Waals surface area contributed by atoms with Crippen LogP contribution in [-0.2, 0) is 10.0 Å². The van der Waals surface area contributed by atoms with E-state index >= 15 is 0 Å². The van der Waals surface area contributed by atoms with Crippen LogP contribution in [-0.4, -0.2) is 13.4 Å². The summed E-state index contributed by atoms with van der Waals surface area (Å²) in [6.07, 6.45) is 1.50. The molecule has 1 N–H and O–H groups in total. The first-order valence-corrected chi connectivity index (χ1v) is 8.23. The molecule has 0 aliphatic heterocycles. The Morgan fingerprint density at radius 1 is 1.21 bits per heavy atom. The molecule has 0 saturated carbocycles. The van der Waals surface area contributed by atoms with Crippen molar-refractivity contribution in [2.45, 2.75) is 11.8 Å². The average molecular weight is 409 g/mol. The summed E-state index contributed by atoms with van der Waals surface area (Å²) in [4.78, 5) is 4.12. The molecule has 0 unspecified atom stereocenters. The fourth-order valence-electron chi connectivity index (χ4n) is 1.39. The quantitative estimate of drug-likeness (QED) is 0.792. The highest BCUT2D eigenvalue weighted by atomic mass is 127. The number of nitrogens with one attached hydrogen (secondary N) is 1. The van der Waals surface area contributed by atoms with Crippen molar-refractivity contribution in [3.63, 3.8) is 0 Å². The van der Waals surface area contributed by atoms with Gasteiger partial charge in [0.25, 0.3) is 10.0 Å². The van der Waals surface area contributed by atoms with Crippen molar-refractivity contribution in [1.82, 2.24) is 4.98 Å². The van der Waals surface area contributed by atoms with E-state index in [-0.39, 0.29) is 10.7 Å². The van der Waals surface area contributed by atoms with Crippen molar-refractivity contribution in [3.8, 4) is 0 Å². The second kappa shape index (κ2) is 5.64. The van der Waals surface area contributed by atoms with Gasteiger partial charge in [-0.2, -0.15) is 0 Å². The van der Waals surface area contributed by atoms with Crippen molar-refractivity contribution >= 4 is 50.0 Å². The highest BCUT2D eigenvalue weighted by Crippen LogP contribution is 2.26. The molecule has 19 heavy (non-hydrogen) atoms. The molecule has 7 heteroatoms. The van der Waals surface area contributed by atoms with E-state index in [2.05, 4.69) is 9.71 Å². The van der Waals surface area contributed by atoms with Gasteiger partial charge >= 0.3 is 0 Å². The van der Waals surface area contributed by atoms with E-state index in [0.29, 0.717) is 5.02 Å². The number of benzene rings is 1. The third kappa shape index (κ3) is 3.37. The normalized spacial score (nSPS) is 11.3. The molecule has 0 bridgehead atoms. The zero-order valence-corrected chi connectivity index (χ0v) is 13.6. The van der Waals surface area contributed by atoms with Gasteiger partial charge < -0.3 is 0 Å². The number of anilines is 1. The molecule has 0 atom stereocenters. The Morgan fingerprint density at radius 3 is 2.47 bits per heavy atom. The predicted molar refractivity (Wildman–Crippen MR) is 84.0 cm³/mol. The van der Waals surface area contributed by atoms with Gasteiger partial charge in [-0.3, -0.25) is 4.72 Å². The molecule has 0 saturated heterocycles. The molecule has 2 rings (SSSR count). The summed E-state index contributed by atoms with van der Waals surface area (Å²) >= 11 is 8.03. The maximum absolute atomic E-state index is 12.2. The molecule has 4 nitrogen and oxygen atoms in total. The van der Waals surface area contributed by atoms with Crippen LogP contribution in [0.5, 0.6) is 0 Å². The maximum Gasteiger partial charge on any atom is 0.263 e. The molecular weight excluding hydrogens is 399 g/mol. The summed E-state index contributed by atoms with van der Waals surface area (Å²) in [5.74, 6) is 0.133. The molecule has 1 heterocycles. The largest absolute Gasteiger partial charge is 0.263 e. The lowest BCUT2D eigenvalue weighted by atomic mass is 10.2. The Bertz CT molecular complexity index is 702. The van der Waals surface area contributed by atoms with Crippen molar-refractivity contribution in [2.75, 3.05) is 4.72 Å². The summed E-state index contributed by atoms with van der Waals surface area (Å²) in [5.41, 5.74) is 0.990. The molecule has 100 valence electrons. The number of aromatic nitrogens is 1. The van der Waals surface area contributed by atoms with Crippen LogP contribution in [0.15, 0.2) is 41.4 Å². The molecular formula is C12H10ClIN2O2S. The summed E-state index contributed by atoms with van der Waals surface area (Å²) in [6, 6.07) is 8.25. The van der Waals surface area contributed by atoms with Gasteiger partial charge in [0.15, 0.2) is 5.82 Å². The monoisotopic (exact) mass is 408 g/mol. The summed E-state index contributed by atoms with van der Waals surface area (Å²) in [5, 5.41) is 0.291. The van der Waals surface area contributed by atoms with E-state index in [1.165, 1.54) is 6.20 Å². The zero-order valence-electron chi connectivity index (χ0n) is 9.89. The topological polar surface area (TPSA) is 59.1 Å². The molecule has 0 aliphatic rings. The first kappa shape index (κ1) is 14.5. The molecule has 0 aliphatic carbocycles. The summed E-state index contributed by atoms with van der Waals surface area (Å²) in [6.45, 7) is 1.89. The van der Waals surface area contributed by atoms with Gasteiger partial charge in [0.05, 0.1) is 9.92 Å². The van der Waals surface area contributed by atoms with E-state index in [9.17, 15) is 8.42 Å².